The molecule has 0 aliphatic carbocycles. The molecule has 0 aliphatic rings. The highest BCUT2D eigenvalue weighted by Crippen LogP contribution is 2.23. The topological polar surface area (TPSA) is 70.7 Å². The van der Waals surface area contributed by atoms with Crippen molar-refractivity contribution in [2.45, 2.75) is 0 Å². The third-order valence-corrected chi connectivity index (χ3v) is 5.15. The van der Waals surface area contributed by atoms with Crippen LogP contribution in [0.2, 0.25) is 0 Å². The summed E-state index contributed by atoms with van der Waals surface area (Å²) >= 11 is 8.61. The normalized spacial score (nSPS) is 10.2. The van der Waals surface area contributed by atoms with E-state index in [9.17, 15) is 9.59 Å². The van der Waals surface area contributed by atoms with Gasteiger partial charge < -0.3 is 15.0 Å². The zero-order valence-electron chi connectivity index (χ0n) is 16.9. The van der Waals surface area contributed by atoms with Crippen molar-refractivity contribution in [2.75, 3.05) is 24.4 Å². The van der Waals surface area contributed by atoms with Gasteiger partial charge in [-0.3, -0.25) is 14.9 Å². The molecule has 2 amide bonds. The molecule has 0 spiro atoms. The van der Waals surface area contributed by atoms with E-state index in [2.05, 4.69) is 26.6 Å². The number of amides is 2. The maximum absolute atomic E-state index is 12.8. The van der Waals surface area contributed by atoms with Gasteiger partial charge in [0.25, 0.3) is 11.8 Å². The second kappa shape index (κ2) is 10.2. The first kappa shape index (κ1) is 22.5. The Labute approximate surface area is 194 Å². The molecule has 0 aromatic heterocycles. The molecular formula is C23H20BrN3O3S. The third kappa shape index (κ3) is 5.68. The van der Waals surface area contributed by atoms with Crippen LogP contribution in [0.25, 0.3) is 0 Å². The van der Waals surface area contributed by atoms with E-state index >= 15 is 0 Å². The maximum atomic E-state index is 12.8. The van der Waals surface area contributed by atoms with Gasteiger partial charge in [-0.05, 0) is 60.7 Å². The van der Waals surface area contributed by atoms with E-state index in [4.69, 9.17) is 17.0 Å². The van der Waals surface area contributed by atoms with Crippen molar-refractivity contribution < 1.29 is 14.3 Å². The van der Waals surface area contributed by atoms with E-state index in [0.717, 1.165) is 10.2 Å². The summed E-state index contributed by atoms with van der Waals surface area (Å²) in [6.07, 6.45) is 0. The summed E-state index contributed by atoms with van der Waals surface area (Å²) in [6.45, 7) is 0. The Bertz CT molecular complexity index is 1120. The minimum atomic E-state index is -0.410. The van der Waals surface area contributed by atoms with Crippen LogP contribution < -0.4 is 20.3 Å². The van der Waals surface area contributed by atoms with Crippen molar-refractivity contribution in [1.82, 2.24) is 5.32 Å². The molecule has 8 heteroatoms. The number of halogens is 1. The van der Waals surface area contributed by atoms with Gasteiger partial charge in [-0.15, -0.1) is 0 Å². The molecule has 0 atom stereocenters. The number of nitrogens with zero attached hydrogens (tertiary/aromatic N) is 1. The van der Waals surface area contributed by atoms with Crippen LogP contribution in [0, 0.1) is 0 Å². The highest BCUT2D eigenvalue weighted by molar-refractivity contribution is 9.10. The van der Waals surface area contributed by atoms with Crippen LogP contribution in [0.3, 0.4) is 0 Å². The monoisotopic (exact) mass is 497 g/mol. The van der Waals surface area contributed by atoms with Crippen LogP contribution >= 0.6 is 28.1 Å². The van der Waals surface area contributed by atoms with Gasteiger partial charge in [-0.2, -0.15) is 0 Å². The van der Waals surface area contributed by atoms with Gasteiger partial charge in [0.1, 0.15) is 5.75 Å². The van der Waals surface area contributed by atoms with Crippen molar-refractivity contribution >= 4 is 56.4 Å². The largest absolute Gasteiger partial charge is 0.496 e. The van der Waals surface area contributed by atoms with Gasteiger partial charge >= 0.3 is 0 Å². The van der Waals surface area contributed by atoms with E-state index in [-0.39, 0.29) is 11.0 Å². The molecule has 3 aromatic carbocycles. The second-order valence-electron chi connectivity index (χ2n) is 6.53. The van der Waals surface area contributed by atoms with Crippen LogP contribution in [0.1, 0.15) is 20.7 Å². The highest BCUT2D eigenvalue weighted by Gasteiger charge is 2.16. The Hall–Kier alpha value is -3.23. The molecule has 0 saturated heterocycles. The predicted octanol–water partition coefficient (Wildman–Crippen LogP) is 4.86. The Morgan fingerprint density at radius 1 is 1.00 bits per heavy atom. The molecule has 3 aromatic rings. The standard InChI is InChI=1S/C23H20BrN3O3S/c1-27(18-9-4-3-5-10-18)22(29)15-7-6-8-17(13-15)25-23(31)26-21(28)19-14-16(24)11-12-20(19)30-2/h3-14H,1-2H3,(H2,25,26,28,31). The summed E-state index contributed by atoms with van der Waals surface area (Å²) in [6, 6.07) is 21.4. The lowest BCUT2D eigenvalue weighted by Gasteiger charge is -2.18. The molecule has 6 nitrogen and oxygen atoms in total. The molecule has 158 valence electrons. The van der Waals surface area contributed by atoms with Gasteiger partial charge in [0, 0.05) is 28.5 Å². The number of para-hydroxylation sites is 1. The summed E-state index contributed by atoms with van der Waals surface area (Å²) in [4.78, 5) is 27.0. The fraction of sp³-hybridized carbons (Fsp3) is 0.0870. The fourth-order valence-corrected chi connectivity index (χ4v) is 3.45. The van der Waals surface area contributed by atoms with Gasteiger partial charge in [0.05, 0.1) is 12.7 Å². The van der Waals surface area contributed by atoms with Crippen LogP contribution in [0.5, 0.6) is 5.75 Å². The minimum Gasteiger partial charge on any atom is -0.496 e. The Morgan fingerprint density at radius 3 is 2.45 bits per heavy atom. The first-order valence-corrected chi connectivity index (χ1v) is 10.5. The van der Waals surface area contributed by atoms with Crippen LogP contribution in [0.15, 0.2) is 77.3 Å². The molecule has 0 unspecified atom stereocenters. The number of rotatable bonds is 5. The van der Waals surface area contributed by atoms with Gasteiger partial charge in [0.15, 0.2) is 5.11 Å². The number of benzene rings is 3. The summed E-state index contributed by atoms with van der Waals surface area (Å²) in [5, 5.41) is 5.68. The number of anilines is 2. The minimum absolute atomic E-state index is 0.105. The molecule has 0 fully saturated rings. The zero-order chi connectivity index (χ0) is 22.4. The number of methoxy groups -OCH3 is 1. The average molecular weight is 498 g/mol. The van der Waals surface area contributed by atoms with Crippen molar-refractivity contribution in [2.24, 2.45) is 0 Å². The number of carbonyl (C=O) groups is 2. The molecule has 0 aliphatic heterocycles. The zero-order valence-corrected chi connectivity index (χ0v) is 19.3. The number of hydrogen-bond acceptors (Lipinski definition) is 4. The summed E-state index contributed by atoms with van der Waals surface area (Å²) in [5.74, 6) is -0.143. The quantitative estimate of drug-likeness (QED) is 0.492. The van der Waals surface area contributed by atoms with Crippen molar-refractivity contribution in [3.63, 3.8) is 0 Å². The van der Waals surface area contributed by atoms with Crippen molar-refractivity contribution in [3.8, 4) is 5.75 Å². The summed E-state index contributed by atoms with van der Waals surface area (Å²) < 4.78 is 5.98. The van der Waals surface area contributed by atoms with Crippen molar-refractivity contribution in [1.29, 1.82) is 0 Å². The molecule has 0 heterocycles. The number of carbonyl (C=O) groups excluding carboxylic acids is 2. The smallest absolute Gasteiger partial charge is 0.261 e. The lowest BCUT2D eigenvalue weighted by atomic mass is 10.1. The molecule has 31 heavy (non-hydrogen) atoms. The third-order valence-electron chi connectivity index (χ3n) is 4.45. The van der Waals surface area contributed by atoms with Crippen LogP contribution in [0.4, 0.5) is 11.4 Å². The predicted molar refractivity (Wildman–Crippen MR) is 130 cm³/mol. The van der Waals surface area contributed by atoms with E-state index in [1.165, 1.54) is 7.11 Å². The molecule has 2 N–H and O–H groups in total. The Kier molecular flexibility index (Phi) is 7.38. The molecule has 3 rings (SSSR count). The van der Waals surface area contributed by atoms with Crippen LogP contribution in [-0.4, -0.2) is 31.1 Å². The van der Waals surface area contributed by atoms with E-state index in [1.807, 2.05) is 30.3 Å². The molecule has 0 radical (unpaired) electrons. The lowest BCUT2D eigenvalue weighted by molar-refractivity contribution is 0.0971. The first-order chi connectivity index (χ1) is 14.9. The SMILES string of the molecule is COc1ccc(Br)cc1C(=O)NC(=S)Nc1cccc(C(=O)N(C)c2ccccc2)c1. The van der Waals surface area contributed by atoms with E-state index in [1.54, 1.807) is 54.4 Å². The Balaban J connectivity index is 1.69. The van der Waals surface area contributed by atoms with Gasteiger partial charge in [-0.1, -0.05) is 40.2 Å². The number of nitrogens with one attached hydrogen (secondary N) is 2. The first-order valence-electron chi connectivity index (χ1n) is 9.28. The fourth-order valence-electron chi connectivity index (χ4n) is 2.88. The lowest BCUT2D eigenvalue weighted by Crippen LogP contribution is -2.34. The molecule has 0 saturated carbocycles. The number of thiocarbonyl (C=S) groups is 1. The van der Waals surface area contributed by atoms with E-state index in [0.29, 0.717) is 22.6 Å². The van der Waals surface area contributed by atoms with Gasteiger partial charge in [-0.25, -0.2) is 0 Å². The average Bonchev–Trinajstić information content (AvgIpc) is 2.78. The molecule has 0 bridgehead atoms. The number of hydrogen-bond donors (Lipinski definition) is 2. The molecular weight excluding hydrogens is 478 g/mol. The van der Waals surface area contributed by atoms with Crippen LogP contribution in [-0.2, 0) is 0 Å². The number of ether oxygens (including phenoxy) is 1. The van der Waals surface area contributed by atoms with Gasteiger partial charge in [0.2, 0.25) is 0 Å². The summed E-state index contributed by atoms with van der Waals surface area (Å²) in [7, 11) is 3.21. The summed E-state index contributed by atoms with van der Waals surface area (Å²) in [5.41, 5.74) is 2.20. The van der Waals surface area contributed by atoms with E-state index < -0.39 is 5.91 Å². The Morgan fingerprint density at radius 2 is 1.74 bits per heavy atom. The highest BCUT2D eigenvalue weighted by atomic mass is 79.9. The maximum Gasteiger partial charge on any atom is 0.261 e. The second-order valence-corrected chi connectivity index (χ2v) is 7.86. The van der Waals surface area contributed by atoms with Crippen molar-refractivity contribution in [3.05, 3.63) is 88.4 Å².